The topological polar surface area (TPSA) is 25.8 Å². The molecular weight excluding hydrogens is 673 g/mol. The summed E-state index contributed by atoms with van der Waals surface area (Å²) in [6.07, 6.45) is 1.85. The first kappa shape index (κ1) is 30.1. The van der Waals surface area contributed by atoms with E-state index in [4.69, 9.17) is 9.97 Å². The molecule has 11 aromatic rings. The summed E-state index contributed by atoms with van der Waals surface area (Å²) >= 11 is 1.94. The molecular formula is C51H32N2S. The van der Waals surface area contributed by atoms with Crippen LogP contribution in [0, 0.1) is 0 Å². The summed E-state index contributed by atoms with van der Waals surface area (Å²) in [5.74, 6) is 0. The first-order valence-electron chi connectivity index (χ1n) is 18.6. The van der Waals surface area contributed by atoms with Crippen LogP contribution in [0.25, 0.3) is 108 Å². The predicted octanol–water partition coefficient (Wildman–Crippen LogP) is 14.3. The van der Waals surface area contributed by atoms with Crippen molar-refractivity contribution in [2.45, 2.75) is 19.3 Å². The zero-order valence-corrected chi connectivity index (χ0v) is 30.6. The highest BCUT2D eigenvalue weighted by atomic mass is 32.1. The fraction of sp³-hybridized carbons (Fsp3) is 0.0588. The van der Waals surface area contributed by atoms with Crippen molar-refractivity contribution >= 4 is 85.6 Å². The Morgan fingerprint density at radius 3 is 1.94 bits per heavy atom. The van der Waals surface area contributed by atoms with Crippen LogP contribution in [0.2, 0.25) is 0 Å². The molecule has 0 bridgehead atoms. The zero-order valence-electron chi connectivity index (χ0n) is 29.8. The van der Waals surface area contributed by atoms with Gasteiger partial charge in [0, 0.05) is 53.7 Å². The van der Waals surface area contributed by atoms with Crippen molar-refractivity contribution in [1.29, 1.82) is 0 Å². The maximum absolute atomic E-state index is 5.20. The minimum Gasteiger partial charge on any atom is -0.254 e. The number of nitrogens with zero attached hydrogens (tertiary/aromatic N) is 2. The van der Waals surface area contributed by atoms with Crippen molar-refractivity contribution in [3.05, 3.63) is 169 Å². The Hall–Kier alpha value is -6.42. The third-order valence-corrected chi connectivity index (χ3v) is 13.3. The van der Waals surface area contributed by atoms with Gasteiger partial charge in [-0.3, -0.25) is 4.98 Å². The summed E-state index contributed by atoms with van der Waals surface area (Å²) in [7, 11) is 0. The minimum atomic E-state index is -0.0913. The molecule has 0 saturated heterocycles. The molecule has 0 saturated carbocycles. The van der Waals surface area contributed by atoms with Crippen molar-refractivity contribution < 1.29 is 0 Å². The molecule has 0 radical (unpaired) electrons. The van der Waals surface area contributed by atoms with Gasteiger partial charge in [-0.25, -0.2) is 4.98 Å². The van der Waals surface area contributed by atoms with Gasteiger partial charge in [-0.2, -0.15) is 0 Å². The Labute approximate surface area is 316 Å². The van der Waals surface area contributed by atoms with Crippen molar-refractivity contribution in [1.82, 2.24) is 9.97 Å². The highest BCUT2D eigenvalue weighted by Gasteiger charge is 2.38. The summed E-state index contributed by atoms with van der Waals surface area (Å²) in [5, 5.41) is 12.5. The molecule has 0 fully saturated rings. The van der Waals surface area contributed by atoms with Crippen LogP contribution in [0.1, 0.15) is 25.0 Å². The summed E-state index contributed by atoms with van der Waals surface area (Å²) in [6.45, 7) is 4.78. The molecule has 252 valence electrons. The fourth-order valence-corrected chi connectivity index (χ4v) is 10.7. The van der Waals surface area contributed by atoms with Crippen LogP contribution in [-0.2, 0) is 5.41 Å². The molecule has 0 amide bonds. The molecule has 0 atom stereocenters. The third-order valence-electron chi connectivity index (χ3n) is 12.1. The van der Waals surface area contributed by atoms with Gasteiger partial charge < -0.3 is 0 Å². The average molecular weight is 705 g/mol. The first-order chi connectivity index (χ1) is 26.5. The van der Waals surface area contributed by atoms with Crippen LogP contribution in [0.15, 0.2) is 158 Å². The van der Waals surface area contributed by atoms with Gasteiger partial charge >= 0.3 is 0 Å². The summed E-state index contributed by atoms with van der Waals surface area (Å²) < 4.78 is 2.73. The lowest BCUT2D eigenvalue weighted by molar-refractivity contribution is 0.661. The van der Waals surface area contributed by atoms with Gasteiger partial charge in [-0.05, 0) is 96.5 Å². The van der Waals surface area contributed by atoms with E-state index in [2.05, 4.69) is 159 Å². The Bertz CT molecular complexity index is 3400. The number of thiophene rings is 1. The average Bonchev–Trinajstić information content (AvgIpc) is 3.72. The normalized spacial score (nSPS) is 13.5. The Morgan fingerprint density at radius 2 is 1.13 bits per heavy atom. The van der Waals surface area contributed by atoms with E-state index in [0.717, 1.165) is 33.1 Å². The van der Waals surface area contributed by atoms with E-state index >= 15 is 0 Å². The van der Waals surface area contributed by atoms with Crippen LogP contribution in [-0.4, -0.2) is 9.97 Å². The smallest absolute Gasteiger partial charge is 0.0972 e. The van der Waals surface area contributed by atoms with Crippen molar-refractivity contribution in [3.8, 4) is 33.5 Å². The second-order valence-electron chi connectivity index (χ2n) is 15.3. The maximum atomic E-state index is 5.20. The second-order valence-corrected chi connectivity index (χ2v) is 16.3. The number of hydrogen-bond donors (Lipinski definition) is 0. The molecule has 0 unspecified atom stereocenters. The van der Waals surface area contributed by atoms with Gasteiger partial charge in [-0.1, -0.05) is 129 Å². The lowest BCUT2D eigenvalue weighted by Crippen LogP contribution is -2.14. The number of hydrogen-bond acceptors (Lipinski definition) is 3. The quantitative estimate of drug-likeness (QED) is 0.167. The lowest BCUT2D eigenvalue weighted by atomic mass is 9.81. The van der Waals surface area contributed by atoms with E-state index in [9.17, 15) is 0 Å². The van der Waals surface area contributed by atoms with Gasteiger partial charge in [-0.15, -0.1) is 11.3 Å². The number of fused-ring (bicyclic) bond motifs is 16. The predicted molar refractivity (Wildman–Crippen MR) is 231 cm³/mol. The highest BCUT2D eigenvalue weighted by Crippen LogP contribution is 2.56. The molecule has 54 heavy (non-hydrogen) atoms. The molecule has 0 aliphatic heterocycles. The van der Waals surface area contributed by atoms with Crippen LogP contribution >= 0.6 is 11.3 Å². The summed E-state index contributed by atoms with van der Waals surface area (Å²) in [4.78, 5) is 9.89. The molecule has 3 aromatic heterocycles. The second kappa shape index (κ2) is 10.8. The van der Waals surface area contributed by atoms with Crippen molar-refractivity contribution in [3.63, 3.8) is 0 Å². The van der Waals surface area contributed by atoms with Crippen LogP contribution < -0.4 is 0 Å². The molecule has 2 nitrogen and oxygen atoms in total. The van der Waals surface area contributed by atoms with Crippen LogP contribution in [0.3, 0.4) is 0 Å². The van der Waals surface area contributed by atoms with E-state index in [0.29, 0.717) is 0 Å². The molecule has 0 N–H and O–H groups in total. The highest BCUT2D eigenvalue weighted by molar-refractivity contribution is 7.26. The summed E-state index contributed by atoms with van der Waals surface area (Å²) in [5.41, 5.74) is 12.0. The Kier molecular flexibility index (Phi) is 6.03. The lowest BCUT2D eigenvalue weighted by Gasteiger charge is -2.22. The SMILES string of the molecule is CC1(C)c2ccccc2-c2c1cc(-c1ccc3c4ccc(-c5ccc6ccc7cccnc7c6n5)cc4c4ccccc4c3c1)c1c2sc2ccccc21. The van der Waals surface area contributed by atoms with E-state index in [1.807, 2.05) is 23.6 Å². The number of pyridine rings is 2. The largest absolute Gasteiger partial charge is 0.254 e. The zero-order chi connectivity index (χ0) is 35.7. The van der Waals surface area contributed by atoms with Gasteiger partial charge in [0.15, 0.2) is 0 Å². The van der Waals surface area contributed by atoms with Gasteiger partial charge in [0.1, 0.15) is 0 Å². The molecule has 3 heterocycles. The first-order valence-corrected chi connectivity index (χ1v) is 19.5. The standard InChI is InChI=1S/C51H32N2S/c1-51(2)42-15-7-5-13-37(42)47-43(51)28-39(46-38-14-6-8-16-45(38)54-50(46)47)31-19-22-35-36-23-20-32(27-41(36)34-12-4-3-11-33(34)40(35)26-31)44-24-21-30-18-17-29-10-9-25-52-48(29)49(30)53-44/h3-28H,1-2H3. The molecule has 0 spiro atoms. The fourth-order valence-electron chi connectivity index (χ4n) is 9.45. The summed E-state index contributed by atoms with van der Waals surface area (Å²) in [6, 6.07) is 56.1. The van der Waals surface area contributed by atoms with E-state index in [-0.39, 0.29) is 5.41 Å². The van der Waals surface area contributed by atoms with Crippen LogP contribution in [0.5, 0.6) is 0 Å². The van der Waals surface area contributed by atoms with E-state index < -0.39 is 0 Å². The third kappa shape index (κ3) is 4.05. The Balaban J connectivity index is 1.10. The van der Waals surface area contributed by atoms with Crippen molar-refractivity contribution in [2.24, 2.45) is 0 Å². The molecule has 3 heteroatoms. The van der Waals surface area contributed by atoms with E-state index in [1.165, 1.54) is 85.9 Å². The molecule has 1 aliphatic carbocycles. The molecule has 12 rings (SSSR count). The van der Waals surface area contributed by atoms with Gasteiger partial charge in [0.25, 0.3) is 0 Å². The van der Waals surface area contributed by atoms with Gasteiger partial charge in [0.05, 0.1) is 16.7 Å². The van der Waals surface area contributed by atoms with Crippen LogP contribution in [0.4, 0.5) is 0 Å². The number of aromatic nitrogens is 2. The minimum absolute atomic E-state index is 0.0913. The maximum Gasteiger partial charge on any atom is 0.0972 e. The molecule has 8 aromatic carbocycles. The molecule has 1 aliphatic rings. The van der Waals surface area contributed by atoms with E-state index in [1.54, 1.807) is 0 Å². The van der Waals surface area contributed by atoms with Gasteiger partial charge in [0.2, 0.25) is 0 Å². The monoisotopic (exact) mass is 704 g/mol. The number of rotatable bonds is 2. The Morgan fingerprint density at radius 1 is 0.481 bits per heavy atom. The van der Waals surface area contributed by atoms with Crippen molar-refractivity contribution in [2.75, 3.05) is 0 Å². The number of benzene rings is 8.